The fourth-order valence-corrected chi connectivity index (χ4v) is 5.53. The zero-order valence-electron chi connectivity index (χ0n) is 20.2. The van der Waals surface area contributed by atoms with Gasteiger partial charge >= 0.3 is 0 Å². The molecular weight excluding hydrogens is 460 g/mol. The lowest BCUT2D eigenvalue weighted by Crippen LogP contribution is -2.22. The SMILES string of the molecule is CCCc1sc(NC(=O)C(c2ccccc2)c2ccccc2)nc1-c1ccc(-c2ccccc2)cc1. The minimum absolute atomic E-state index is 0.0739. The van der Waals surface area contributed by atoms with Gasteiger partial charge in [-0.1, -0.05) is 129 Å². The topological polar surface area (TPSA) is 42.0 Å². The van der Waals surface area contributed by atoms with Crippen molar-refractivity contribution in [3.8, 4) is 22.4 Å². The Morgan fingerprint density at radius 2 is 1.22 bits per heavy atom. The minimum Gasteiger partial charge on any atom is -0.301 e. The Labute approximate surface area is 216 Å². The van der Waals surface area contributed by atoms with Crippen molar-refractivity contribution in [2.24, 2.45) is 0 Å². The van der Waals surface area contributed by atoms with Gasteiger partial charge in [0.1, 0.15) is 0 Å². The predicted octanol–water partition coefficient (Wildman–Crippen LogP) is 8.20. The molecule has 0 atom stereocenters. The van der Waals surface area contributed by atoms with Gasteiger partial charge in [0, 0.05) is 10.4 Å². The Kier molecular flexibility index (Phi) is 7.34. The molecule has 0 aliphatic carbocycles. The number of anilines is 1. The van der Waals surface area contributed by atoms with Gasteiger partial charge in [-0.15, -0.1) is 11.3 Å². The molecule has 0 fully saturated rings. The summed E-state index contributed by atoms with van der Waals surface area (Å²) in [6.45, 7) is 2.17. The summed E-state index contributed by atoms with van der Waals surface area (Å²) >= 11 is 1.57. The molecule has 4 heteroatoms. The highest BCUT2D eigenvalue weighted by Crippen LogP contribution is 2.34. The van der Waals surface area contributed by atoms with Crippen molar-refractivity contribution < 1.29 is 4.79 Å². The molecule has 5 aromatic rings. The number of carbonyl (C=O) groups excluding carboxylic acids is 1. The fraction of sp³-hybridized carbons (Fsp3) is 0.125. The molecule has 0 unspecified atom stereocenters. The van der Waals surface area contributed by atoms with Crippen molar-refractivity contribution in [3.05, 3.63) is 131 Å². The third kappa shape index (κ3) is 5.29. The van der Waals surface area contributed by atoms with Crippen molar-refractivity contribution in [2.45, 2.75) is 25.7 Å². The number of nitrogens with one attached hydrogen (secondary N) is 1. The Morgan fingerprint density at radius 1 is 0.722 bits per heavy atom. The number of thiazole rings is 1. The van der Waals surface area contributed by atoms with E-state index in [0.29, 0.717) is 5.13 Å². The first-order valence-corrected chi connectivity index (χ1v) is 13.1. The van der Waals surface area contributed by atoms with Crippen LogP contribution in [-0.2, 0) is 11.2 Å². The molecule has 0 aliphatic rings. The molecule has 3 nitrogen and oxygen atoms in total. The second-order valence-electron chi connectivity index (χ2n) is 8.73. The van der Waals surface area contributed by atoms with E-state index in [4.69, 9.17) is 4.98 Å². The van der Waals surface area contributed by atoms with Gasteiger partial charge < -0.3 is 5.32 Å². The average Bonchev–Trinajstić information content (AvgIpc) is 3.33. The summed E-state index contributed by atoms with van der Waals surface area (Å²) < 4.78 is 0. The number of rotatable bonds is 8. The Bertz CT molecular complexity index is 1370. The molecule has 1 heterocycles. The predicted molar refractivity (Wildman–Crippen MR) is 150 cm³/mol. The molecule has 0 bridgehead atoms. The summed E-state index contributed by atoms with van der Waals surface area (Å²) in [6, 6.07) is 38.7. The lowest BCUT2D eigenvalue weighted by molar-refractivity contribution is -0.116. The molecule has 0 spiro atoms. The molecule has 0 saturated heterocycles. The zero-order valence-corrected chi connectivity index (χ0v) is 21.0. The van der Waals surface area contributed by atoms with Crippen LogP contribution in [0.1, 0.15) is 35.3 Å². The van der Waals surface area contributed by atoms with E-state index in [9.17, 15) is 4.79 Å². The van der Waals surface area contributed by atoms with Gasteiger partial charge in [-0.2, -0.15) is 0 Å². The van der Waals surface area contributed by atoms with Crippen molar-refractivity contribution >= 4 is 22.4 Å². The molecule has 0 saturated carbocycles. The zero-order chi connectivity index (χ0) is 24.7. The molecule has 1 aromatic heterocycles. The molecule has 36 heavy (non-hydrogen) atoms. The molecule has 1 amide bonds. The number of benzene rings is 4. The number of hydrogen-bond acceptors (Lipinski definition) is 3. The summed E-state index contributed by atoms with van der Waals surface area (Å²) in [5.74, 6) is -0.477. The van der Waals surface area contributed by atoms with E-state index in [1.807, 2.05) is 66.7 Å². The summed E-state index contributed by atoms with van der Waals surface area (Å²) in [6.07, 6.45) is 1.94. The number of nitrogens with zero attached hydrogens (tertiary/aromatic N) is 1. The van der Waals surface area contributed by atoms with Gasteiger partial charge in [0.2, 0.25) is 5.91 Å². The third-order valence-electron chi connectivity index (χ3n) is 6.20. The number of hydrogen-bond donors (Lipinski definition) is 1. The number of amides is 1. The highest BCUT2D eigenvalue weighted by Gasteiger charge is 2.24. The van der Waals surface area contributed by atoms with E-state index in [0.717, 1.165) is 35.2 Å². The minimum atomic E-state index is -0.403. The lowest BCUT2D eigenvalue weighted by atomic mass is 9.90. The van der Waals surface area contributed by atoms with Gasteiger partial charge in [-0.3, -0.25) is 4.79 Å². The summed E-state index contributed by atoms with van der Waals surface area (Å²) in [4.78, 5) is 19.7. The number of aromatic nitrogens is 1. The van der Waals surface area contributed by atoms with Crippen LogP contribution in [0.5, 0.6) is 0 Å². The summed E-state index contributed by atoms with van der Waals surface area (Å²) in [7, 11) is 0. The quantitative estimate of drug-likeness (QED) is 0.239. The van der Waals surface area contributed by atoms with Crippen LogP contribution in [0.25, 0.3) is 22.4 Å². The van der Waals surface area contributed by atoms with Crippen molar-refractivity contribution in [1.29, 1.82) is 0 Å². The summed E-state index contributed by atoms with van der Waals surface area (Å²) in [5, 5.41) is 3.77. The molecule has 4 aromatic carbocycles. The van der Waals surface area contributed by atoms with Crippen molar-refractivity contribution in [2.75, 3.05) is 5.32 Å². The molecule has 0 aliphatic heterocycles. The normalized spacial score (nSPS) is 10.9. The Hall–Kier alpha value is -4.02. The van der Waals surface area contributed by atoms with Crippen LogP contribution in [0.3, 0.4) is 0 Å². The van der Waals surface area contributed by atoms with E-state index < -0.39 is 5.92 Å². The Morgan fingerprint density at radius 3 is 1.78 bits per heavy atom. The second kappa shape index (κ2) is 11.1. The average molecular weight is 489 g/mol. The van der Waals surface area contributed by atoms with Crippen LogP contribution < -0.4 is 5.32 Å². The van der Waals surface area contributed by atoms with Crippen LogP contribution in [0.2, 0.25) is 0 Å². The maximum Gasteiger partial charge on any atom is 0.238 e. The van der Waals surface area contributed by atoms with Crippen molar-refractivity contribution in [1.82, 2.24) is 4.98 Å². The standard InChI is InChI=1S/C32H28N2OS/c1-2-12-28-30(27-21-19-24(20-22-27)23-13-6-3-7-14-23)33-32(36-28)34-31(35)29(25-15-8-4-9-16-25)26-17-10-5-11-18-26/h3-11,13-22,29H,2,12H2,1H3,(H,33,34,35). The van der Waals surface area contributed by atoms with E-state index in [1.54, 1.807) is 11.3 Å². The first kappa shape index (κ1) is 23.7. The number of carbonyl (C=O) groups is 1. The van der Waals surface area contributed by atoms with Crippen LogP contribution in [0, 0.1) is 0 Å². The van der Waals surface area contributed by atoms with Gasteiger partial charge in [-0.25, -0.2) is 4.98 Å². The maximum atomic E-state index is 13.6. The maximum absolute atomic E-state index is 13.6. The van der Waals surface area contributed by atoms with E-state index >= 15 is 0 Å². The van der Waals surface area contributed by atoms with E-state index in [2.05, 4.69) is 60.8 Å². The van der Waals surface area contributed by atoms with Crippen LogP contribution >= 0.6 is 11.3 Å². The molecular formula is C32H28N2OS. The van der Waals surface area contributed by atoms with Crippen LogP contribution in [-0.4, -0.2) is 10.9 Å². The first-order chi connectivity index (χ1) is 17.7. The summed E-state index contributed by atoms with van der Waals surface area (Å²) in [5.41, 5.74) is 6.31. The van der Waals surface area contributed by atoms with Crippen LogP contribution in [0.15, 0.2) is 115 Å². The molecule has 5 rings (SSSR count). The molecule has 1 N–H and O–H groups in total. The first-order valence-electron chi connectivity index (χ1n) is 12.3. The highest BCUT2D eigenvalue weighted by molar-refractivity contribution is 7.16. The number of aryl methyl sites for hydroxylation is 1. The van der Waals surface area contributed by atoms with Crippen LogP contribution in [0.4, 0.5) is 5.13 Å². The Balaban J connectivity index is 1.44. The monoisotopic (exact) mass is 488 g/mol. The fourth-order valence-electron chi connectivity index (χ4n) is 4.44. The highest BCUT2D eigenvalue weighted by atomic mass is 32.1. The lowest BCUT2D eigenvalue weighted by Gasteiger charge is -2.17. The van der Waals surface area contributed by atoms with E-state index in [-0.39, 0.29) is 5.91 Å². The van der Waals surface area contributed by atoms with E-state index in [1.165, 1.54) is 16.0 Å². The van der Waals surface area contributed by atoms with Gasteiger partial charge in [-0.05, 0) is 28.7 Å². The van der Waals surface area contributed by atoms with Crippen molar-refractivity contribution in [3.63, 3.8) is 0 Å². The van der Waals surface area contributed by atoms with Gasteiger partial charge in [0.15, 0.2) is 5.13 Å². The third-order valence-corrected chi connectivity index (χ3v) is 7.23. The second-order valence-corrected chi connectivity index (χ2v) is 9.81. The molecule has 0 radical (unpaired) electrons. The smallest absolute Gasteiger partial charge is 0.238 e. The molecule has 178 valence electrons. The van der Waals surface area contributed by atoms with Gasteiger partial charge in [0.05, 0.1) is 11.6 Å². The largest absolute Gasteiger partial charge is 0.301 e. The van der Waals surface area contributed by atoms with Gasteiger partial charge in [0.25, 0.3) is 0 Å².